The van der Waals surface area contributed by atoms with Gasteiger partial charge in [-0.15, -0.1) is 0 Å². The first-order valence-electron chi connectivity index (χ1n) is 9.40. The normalized spacial score (nSPS) is 14.3. The number of carbonyl (C=O) groups excluding carboxylic acids is 2. The molecular formula is C21H22F3N3O3. The standard InChI is InChI=1S/C21H22F3N3O3/c1-30-17-9-14(8-15(10-17)13-28)12-26-19-11-16(27-6-4-25-5-7-27)2-3-18(19)20(29)21(22,23)24/h2-3,8-11,13,25-26H,4-7,12H2,1H3. The lowest BCUT2D eigenvalue weighted by Crippen LogP contribution is -2.43. The van der Waals surface area contributed by atoms with Crippen molar-refractivity contribution in [1.82, 2.24) is 5.32 Å². The monoisotopic (exact) mass is 421 g/mol. The first-order valence-corrected chi connectivity index (χ1v) is 9.40. The van der Waals surface area contributed by atoms with Gasteiger partial charge in [-0.1, -0.05) is 0 Å². The molecule has 1 saturated heterocycles. The predicted octanol–water partition coefficient (Wildman–Crippen LogP) is 3.27. The van der Waals surface area contributed by atoms with Crippen LogP contribution in [0.25, 0.3) is 0 Å². The molecule has 0 radical (unpaired) electrons. The lowest BCUT2D eigenvalue weighted by molar-refractivity contribution is -0.0884. The number of hydrogen-bond donors (Lipinski definition) is 2. The quantitative estimate of drug-likeness (QED) is 0.528. The fourth-order valence-corrected chi connectivity index (χ4v) is 3.32. The van der Waals surface area contributed by atoms with Gasteiger partial charge in [-0.3, -0.25) is 9.59 Å². The van der Waals surface area contributed by atoms with E-state index in [4.69, 9.17) is 4.74 Å². The topological polar surface area (TPSA) is 70.7 Å². The van der Waals surface area contributed by atoms with Gasteiger partial charge in [-0.2, -0.15) is 13.2 Å². The maximum absolute atomic E-state index is 13.1. The molecule has 0 amide bonds. The van der Waals surface area contributed by atoms with Crippen LogP contribution in [0.15, 0.2) is 36.4 Å². The van der Waals surface area contributed by atoms with Gasteiger partial charge in [0.15, 0.2) is 0 Å². The van der Waals surface area contributed by atoms with Crippen LogP contribution in [-0.2, 0) is 6.54 Å². The molecule has 0 aliphatic carbocycles. The number of halogens is 3. The van der Waals surface area contributed by atoms with Crippen molar-refractivity contribution >= 4 is 23.4 Å². The third-order valence-electron chi connectivity index (χ3n) is 4.83. The number of nitrogens with one attached hydrogen (secondary N) is 2. The van der Waals surface area contributed by atoms with Crippen molar-refractivity contribution in [2.24, 2.45) is 0 Å². The van der Waals surface area contributed by atoms with Crippen LogP contribution in [0.4, 0.5) is 24.5 Å². The average Bonchev–Trinajstić information content (AvgIpc) is 2.76. The number of methoxy groups -OCH3 is 1. The summed E-state index contributed by atoms with van der Waals surface area (Å²) in [6.07, 6.45) is -4.32. The molecule has 0 unspecified atom stereocenters. The number of aldehydes is 1. The van der Waals surface area contributed by atoms with E-state index >= 15 is 0 Å². The largest absolute Gasteiger partial charge is 0.497 e. The van der Waals surface area contributed by atoms with Crippen molar-refractivity contribution in [3.8, 4) is 5.75 Å². The van der Waals surface area contributed by atoms with Crippen LogP contribution < -0.4 is 20.3 Å². The molecule has 1 aliphatic rings. The van der Waals surface area contributed by atoms with E-state index in [1.807, 2.05) is 4.90 Å². The number of alkyl halides is 3. The summed E-state index contributed by atoms with van der Waals surface area (Å²) in [5.41, 5.74) is 1.39. The zero-order chi connectivity index (χ0) is 21.7. The maximum atomic E-state index is 13.1. The van der Waals surface area contributed by atoms with Crippen LogP contribution in [0.2, 0.25) is 0 Å². The molecule has 1 heterocycles. The van der Waals surface area contributed by atoms with E-state index in [1.165, 1.54) is 19.2 Å². The van der Waals surface area contributed by atoms with Crippen molar-refractivity contribution in [3.05, 3.63) is 53.1 Å². The van der Waals surface area contributed by atoms with Crippen molar-refractivity contribution in [2.45, 2.75) is 12.7 Å². The van der Waals surface area contributed by atoms with Crippen molar-refractivity contribution in [3.63, 3.8) is 0 Å². The number of Topliss-reactive ketones (excluding diaryl/α,β-unsaturated/α-hetero) is 1. The summed E-state index contributed by atoms with van der Waals surface area (Å²) in [4.78, 5) is 25.1. The predicted molar refractivity (Wildman–Crippen MR) is 108 cm³/mol. The van der Waals surface area contributed by atoms with E-state index in [0.717, 1.165) is 18.8 Å². The zero-order valence-electron chi connectivity index (χ0n) is 16.4. The van der Waals surface area contributed by atoms with Crippen LogP contribution in [0, 0.1) is 0 Å². The number of benzene rings is 2. The van der Waals surface area contributed by atoms with Crippen LogP contribution >= 0.6 is 0 Å². The molecule has 2 aromatic carbocycles. The van der Waals surface area contributed by atoms with E-state index in [1.54, 1.807) is 24.3 Å². The summed E-state index contributed by atoms with van der Waals surface area (Å²) in [7, 11) is 1.46. The van der Waals surface area contributed by atoms with Crippen LogP contribution in [-0.4, -0.2) is 51.5 Å². The third-order valence-corrected chi connectivity index (χ3v) is 4.83. The van der Waals surface area contributed by atoms with E-state index in [9.17, 15) is 22.8 Å². The zero-order valence-corrected chi connectivity index (χ0v) is 16.4. The van der Waals surface area contributed by atoms with E-state index in [-0.39, 0.29) is 12.2 Å². The highest BCUT2D eigenvalue weighted by atomic mass is 19.4. The Hall–Kier alpha value is -3.07. The second-order valence-electron chi connectivity index (χ2n) is 6.88. The molecule has 2 aromatic rings. The molecule has 0 saturated carbocycles. The Morgan fingerprint density at radius 3 is 2.57 bits per heavy atom. The summed E-state index contributed by atoms with van der Waals surface area (Å²) < 4.78 is 44.4. The Morgan fingerprint density at radius 1 is 1.20 bits per heavy atom. The number of ketones is 1. The Balaban J connectivity index is 1.91. The number of piperazine rings is 1. The first-order chi connectivity index (χ1) is 14.3. The summed E-state index contributed by atoms with van der Waals surface area (Å²) in [6, 6.07) is 9.13. The molecule has 0 spiro atoms. The molecule has 0 bridgehead atoms. The molecule has 160 valence electrons. The SMILES string of the molecule is COc1cc(C=O)cc(CNc2cc(N3CCNCC3)ccc2C(=O)C(F)(F)F)c1. The molecular weight excluding hydrogens is 399 g/mol. The first kappa shape index (κ1) is 21.6. The fourth-order valence-electron chi connectivity index (χ4n) is 3.32. The minimum absolute atomic E-state index is 0.0869. The fraction of sp³-hybridized carbons (Fsp3) is 0.333. The second-order valence-corrected chi connectivity index (χ2v) is 6.88. The lowest BCUT2D eigenvalue weighted by Gasteiger charge is -2.30. The Kier molecular flexibility index (Phi) is 6.61. The molecule has 9 heteroatoms. The van der Waals surface area contributed by atoms with Gasteiger partial charge in [0, 0.05) is 49.7 Å². The number of hydrogen-bond acceptors (Lipinski definition) is 6. The van der Waals surface area contributed by atoms with E-state index < -0.39 is 17.5 Å². The molecule has 0 aromatic heterocycles. The summed E-state index contributed by atoms with van der Waals surface area (Å²) in [5.74, 6) is -1.45. The minimum atomic E-state index is -4.98. The van der Waals surface area contributed by atoms with Crippen molar-refractivity contribution < 1.29 is 27.5 Å². The van der Waals surface area contributed by atoms with Gasteiger partial charge in [-0.05, 0) is 42.0 Å². The summed E-state index contributed by atoms with van der Waals surface area (Å²) in [5, 5.41) is 6.15. The highest BCUT2D eigenvalue weighted by Crippen LogP contribution is 2.30. The Labute approximate surface area is 172 Å². The Morgan fingerprint density at radius 2 is 1.93 bits per heavy atom. The summed E-state index contributed by atoms with van der Waals surface area (Å²) >= 11 is 0. The third kappa shape index (κ3) is 5.10. The molecule has 30 heavy (non-hydrogen) atoms. The van der Waals surface area contributed by atoms with Gasteiger partial charge >= 0.3 is 6.18 Å². The van der Waals surface area contributed by atoms with E-state index in [0.29, 0.717) is 36.3 Å². The van der Waals surface area contributed by atoms with Gasteiger partial charge in [0.1, 0.15) is 12.0 Å². The van der Waals surface area contributed by atoms with Gasteiger partial charge in [0.05, 0.1) is 12.7 Å². The lowest BCUT2D eigenvalue weighted by atomic mass is 10.1. The number of carbonyl (C=O) groups is 2. The molecule has 6 nitrogen and oxygen atoms in total. The summed E-state index contributed by atoms with van der Waals surface area (Å²) in [6.45, 7) is 3.07. The number of nitrogens with zero attached hydrogens (tertiary/aromatic N) is 1. The van der Waals surface area contributed by atoms with Gasteiger partial charge in [0.2, 0.25) is 0 Å². The van der Waals surface area contributed by atoms with Crippen LogP contribution in [0.1, 0.15) is 26.3 Å². The van der Waals surface area contributed by atoms with Crippen LogP contribution in [0.3, 0.4) is 0 Å². The van der Waals surface area contributed by atoms with Crippen molar-refractivity contribution in [2.75, 3.05) is 43.5 Å². The molecule has 0 atom stereocenters. The average molecular weight is 421 g/mol. The molecule has 1 fully saturated rings. The number of rotatable bonds is 7. The van der Waals surface area contributed by atoms with Gasteiger partial charge in [0.25, 0.3) is 5.78 Å². The van der Waals surface area contributed by atoms with Crippen molar-refractivity contribution in [1.29, 1.82) is 0 Å². The maximum Gasteiger partial charge on any atom is 0.454 e. The van der Waals surface area contributed by atoms with Crippen LogP contribution in [0.5, 0.6) is 5.75 Å². The second kappa shape index (κ2) is 9.17. The highest BCUT2D eigenvalue weighted by molar-refractivity contribution is 6.05. The number of ether oxygens (including phenoxy) is 1. The van der Waals surface area contributed by atoms with Gasteiger partial charge in [-0.25, -0.2) is 0 Å². The number of anilines is 2. The highest BCUT2D eigenvalue weighted by Gasteiger charge is 2.40. The smallest absolute Gasteiger partial charge is 0.454 e. The minimum Gasteiger partial charge on any atom is -0.497 e. The molecule has 2 N–H and O–H groups in total. The Bertz CT molecular complexity index is 925. The molecule has 3 rings (SSSR count). The molecule has 1 aliphatic heterocycles. The van der Waals surface area contributed by atoms with E-state index in [2.05, 4.69) is 10.6 Å². The van der Waals surface area contributed by atoms with Gasteiger partial charge < -0.3 is 20.3 Å².